The second-order valence-electron chi connectivity index (χ2n) is 5.33. The molecule has 0 aromatic carbocycles. The SMILES string of the molecule is CCNC(=NCCCn1cccn1)NCCOCC1CC1. The molecule has 1 fully saturated rings. The van der Waals surface area contributed by atoms with Gasteiger partial charge in [0, 0.05) is 45.2 Å². The zero-order valence-electron chi connectivity index (χ0n) is 12.9. The molecule has 2 N–H and O–H groups in total. The Bertz CT molecular complexity index is 400. The molecule has 1 saturated carbocycles. The summed E-state index contributed by atoms with van der Waals surface area (Å²) in [7, 11) is 0. The topological polar surface area (TPSA) is 63.5 Å². The summed E-state index contributed by atoms with van der Waals surface area (Å²) in [5.74, 6) is 1.70. The number of ether oxygens (including phenoxy) is 1. The summed E-state index contributed by atoms with van der Waals surface area (Å²) in [6.07, 6.45) is 7.44. The molecular weight excluding hydrogens is 266 g/mol. The molecule has 0 bridgehead atoms. The first-order chi connectivity index (χ1) is 10.4. The molecule has 118 valence electrons. The van der Waals surface area contributed by atoms with Crippen molar-refractivity contribution in [2.24, 2.45) is 10.9 Å². The third-order valence-corrected chi connectivity index (χ3v) is 3.31. The number of aliphatic imine (C=N–C) groups is 1. The molecule has 0 aliphatic heterocycles. The Kier molecular flexibility index (Phi) is 7.07. The van der Waals surface area contributed by atoms with Gasteiger partial charge in [0.25, 0.3) is 0 Å². The van der Waals surface area contributed by atoms with Gasteiger partial charge < -0.3 is 15.4 Å². The van der Waals surface area contributed by atoms with Crippen molar-refractivity contribution in [1.29, 1.82) is 0 Å². The second-order valence-corrected chi connectivity index (χ2v) is 5.33. The zero-order valence-corrected chi connectivity index (χ0v) is 12.9. The van der Waals surface area contributed by atoms with Gasteiger partial charge in [0.15, 0.2) is 5.96 Å². The molecule has 1 heterocycles. The number of nitrogens with zero attached hydrogens (tertiary/aromatic N) is 3. The van der Waals surface area contributed by atoms with Gasteiger partial charge in [-0.2, -0.15) is 5.10 Å². The van der Waals surface area contributed by atoms with Crippen molar-refractivity contribution in [2.45, 2.75) is 32.7 Å². The molecule has 1 aliphatic rings. The number of rotatable bonds is 10. The molecular formula is C15H27N5O. The van der Waals surface area contributed by atoms with Crippen molar-refractivity contribution in [3.8, 4) is 0 Å². The van der Waals surface area contributed by atoms with Crippen LogP contribution in [0.2, 0.25) is 0 Å². The minimum atomic E-state index is 0.744. The fourth-order valence-electron chi connectivity index (χ4n) is 1.97. The number of aromatic nitrogens is 2. The van der Waals surface area contributed by atoms with Crippen LogP contribution >= 0.6 is 0 Å². The Hall–Kier alpha value is -1.56. The Morgan fingerprint density at radius 2 is 2.33 bits per heavy atom. The highest BCUT2D eigenvalue weighted by Gasteiger charge is 2.20. The van der Waals surface area contributed by atoms with Gasteiger partial charge in [-0.05, 0) is 38.2 Å². The molecule has 21 heavy (non-hydrogen) atoms. The van der Waals surface area contributed by atoms with E-state index < -0.39 is 0 Å². The van der Waals surface area contributed by atoms with E-state index in [4.69, 9.17) is 4.74 Å². The van der Waals surface area contributed by atoms with Crippen molar-refractivity contribution in [3.63, 3.8) is 0 Å². The Morgan fingerprint density at radius 3 is 3.05 bits per heavy atom. The summed E-state index contributed by atoms with van der Waals surface area (Å²) in [5, 5.41) is 10.7. The van der Waals surface area contributed by atoms with Crippen molar-refractivity contribution in [2.75, 3.05) is 32.8 Å². The Balaban J connectivity index is 1.56. The van der Waals surface area contributed by atoms with Crippen molar-refractivity contribution in [3.05, 3.63) is 18.5 Å². The average Bonchev–Trinajstić information content (AvgIpc) is 3.16. The van der Waals surface area contributed by atoms with Gasteiger partial charge in [0.2, 0.25) is 0 Å². The van der Waals surface area contributed by atoms with Crippen molar-refractivity contribution < 1.29 is 4.74 Å². The molecule has 0 saturated heterocycles. The molecule has 1 aromatic rings. The second kappa shape index (κ2) is 9.39. The van der Waals surface area contributed by atoms with Gasteiger partial charge in [-0.15, -0.1) is 0 Å². The van der Waals surface area contributed by atoms with Crippen LogP contribution in [0.15, 0.2) is 23.5 Å². The maximum Gasteiger partial charge on any atom is 0.191 e. The van der Waals surface area contributed by atoms with Gasteiger partial charge in [-0.1, -0.05) is 0 Å². The third-order valence-electron chi connectivity index (χ3n) is 3.31. The van der Waals surface area contributed by atoms with Gasteiger partial charge >= 0.3 is 0 Å². The van der Waals surface area contributed by atoms with E-state index in [0.29, 0.717) is 0 Å². The number of guanidine groups is 1. The van der Waals surface area contributed by atoms with Gasteiger partial charge in [0.1, 0.15) is 0 Å². The minimum absolute atomic E-state index is 0.744. The van der Waals surface area contributed by atoms with Crippen LogP contribution in [0.25, 0.3) is 0 Å². The van der Waals surface area contributed by atoms with Crippen molar-refractivity contribution in [1.82, 2.24) is 20.4 Å². The first-order valence-corrected chi connectivity index (χ1v) is 7.96. The van der Waals surface area contributed by atoms with Crippen LogP contribution in [0.5, 0.6) is 0 Å². The van der Waals surface area contributed by atoms with Crippen LogP contribution in [-0.2, 0) is 11.3 Å². The molecule has 0 amide bonds. The molecule has 6 heteroatoms. The summed E-state index contributed by atoms with van der Waals surface area (Å²) in [5.41, 5.74) is 0. The molecule has 0 unspecified atom stereocenters. The lowest BCUT2D eigenvalue weighted by Crippen LogP contribution is -2.39. The summed E-state index contributed by atoms with van der Waals surface area (Å²) >= 11 is 0. The first kappa shape index (κ1) is 15.8. The molecule has 1 aromatic heterocycles. The van der Waals surface area contributed by atoms with Gasteiger partial charge in [-0.3, -0.25) is 9.67 Å². The predicted octanol–water partition coefficient (Wildman–Crippen LogP) is 1.25. The van der Waals surface area contributed by atoms with E-state index >= 15 is 0 Å². The van der Waals surface area contributed by atoms with Crippen LogP contribution in [0.3, 0.4) is 0 Å². The molecule has 6 nitrogen and oxygen atoms in total. The third kappa shape index (κ3) is 7.13. The lowest BCUT2D eigenvalue weighted by molar-refractivity contribution is 0.129. The standard InChI is InChI=1S/C15H27N5O/c1-2-16-15(18-9-12-21-13-14-5-6-14)17-7-3-10-20-11-4-8-19-20/h4,8,11,14H,2-3,5-7,9-10,12-13H2,1H3,(H2,16,17,18). The van der Waals surface area contributed by atoms with E-state index in [1.165, 1.54) is 12.8 Å². The monoisotopic (exact) mass is 293 g/mol. The predicted molar refractivity (Wildman–Crippen MR) is 84.4 cm³/mol. The molecule has 0 atom stereocenters. The van der Waals surface area contributed by atoms with Crippen LogP contribution in [0, 0.1) is 5.92 Å². The smallest absolute Gasteiger partial charge is 0.191 e. The lowest BCUT2D eigenvalue weighted by Gasteiger charge is -2.11. The molecule has 0 spiro atoms. The molecule has 0 radical (unpaired) electrons. The number of hydrogen-bond donors (Lipinski definition) is 2. The van der Waals surface area contributed by atoms with Crippen LogP contribution in [0.1, 0.15) is 26.2 Å². The maximum atomic E-state index is 5.60. The zero-order chi connectivity index (χ0) is 14.8. The molecule has 2 rings (SSSR count). The van der Waals surface area contributed by atoms with Crippen molar-refractivity contribution >= 4 is 5.96 Å². The van der Waals surface area contributed by atoms with Gasteiger partial charge in [-0.25, -0.2) is 0 Å². The highest BCUT2D eigenvalue weighted by molar-refractivity contribution is 5.79. The van der Waals surface area contributed by atoms with Crippen LogP contribution in [-0.4, -0.2) is 48.6 Å². The fourth-order valence-corrected chi connectivity index (χ4v) is 1.97. The molecule has 1 aliphatic carbocycles. The number of aryl methyl sites for hydroxylation is 1. The van der Waals surface area contributed by atoms with E-state index in [0.717, 1.165) is 57.7 Å². The summed E-state index contributed by atoms with van der Waals surface area (Å²) in [4.78, 5) is 4.56. The van der Waals surface area contributed by atoms with Crippen LogP contribution in [0.4, 0.5) is 0 Å². The highest BCUT2D eigenvalue weighted by Crippen LogP contribution is 2.28. The summed E-state index contributed by atoms with van der Waals surface area (Å²) < 4.78 is 7.54. The largest absolute Gasteiger partial charge is 0.379 e. The highest BCUT2D eigenvalue weighted by atomic mass is 16.5. The lowest BCUT2D eigenvalue weighted by atomic mass is 10.4. The first-order valence-electron chi connectivity index (χ1n) is 7.96. The van der Waals surface area contributed by atoms with E-state index in [-0.39, 0.29) is 0 Å². The number of hydrogen-bond acceptors (Lipinski definition) is 3. The van der Waals surface area contributed by atoms with E-state index in [1.54, 1.807) is 6.20 Å². The normalized spacial score (nSPS) is 15.2. The Labute approximate surface area is 127 Å². The summed E-state index contributed by atoms with van der Waals surface area (Å²) in [6.45, 7) is 7.10. The number of nitrogens with one attached hydrogen (secondary N) is 2. The quantitative estimate of drug-likeness (QED) is 0.387. The fraction of sp³-hybridized carbons (Fsp3) is 0.733. The maximum absolute atomic E-state index is 5.60. The van der Waals surface area contributed by atoms with E-state index in [1.807, 2.05) is 16.9 Å². The minimum Gasteiger partial charge on any atom is -0.379 e. The van der Waals surface area contributed by atoms with E-state index in [9.17, 15) is 0 Å². The van der Waals surface area contributed by atoms with Gasteiger partial charge in [0.05, 0.1) is 6.61 Å². The average molecular weight is 293 g/mol. The van der Waals surface area contributed by atoms with Crippen LogP contribution < -0.4 is 10.6 Å². The Morgan fingerprint density at radius 1 is 1.43 bits per heavy atom. The summed E-state index contributed by atoms with van der Waals surface area (Å²) in [6, 6.07) is 1.94. The van der Waals surface area contributed by atoms with E-state index in [2.05, 4.69) is 27.6 Å².